The number of hydrogen-bond acceptors (Lipinski definition) is 4. The summed E-state index contributed by atoms with van der Waals surface area (Å²) in [6.07, 6.45) is 1.11. The van der Waals surface area contributed by atoms with E-state index in [1.54, 1.807) is 7.11 Å². The van der Waals surface area contributed by atoms with E-state index in [-0.39, 0.29) is 24.0 Å². The SMILES string of the molecule is CCNC(=NCc1cc(Cl)c(OCC)c(OC)c1)N(C)CC1CCOC1.I. The summed E-state index contributed by atoms with van der Waals surface area (Å²) in [6.45, 7) is 8.47. The van der Waals surface area contributed by atoms with Gasteiger partial charge in [0.2, 0.25) is 0 Å². The highest BCUT2D eigenvalue weighted by atomic mass is 127. The standard InChI is InChI=1S/C19H30ClN3O3.HI/c1-5-21-19(23(3)12-14-7-8-25-13-14)22-11-15-9-16(20)18(26-6-2)17(10-15)24-4;/h9-10,14H,5-8,11-13H2,1-4H3,(H,21,22);1H. The molecule has 0 aliphatic carbocycles. The van der Waals surface area contributed by atoms with Gasteiger partial charge in [-0.05, 0) is 38.0 Å². The fourth-order valence-corrected chi connectivity index (χ4v) is 3.27. The molecule has 0 bridgehead atoms. The molecule has 0 amide bonds. The van der Waals surface area contributed by atoms with Gasteiger partial charge in [0.15, 0.2) is 17.5 Å². The fraction of sp³-hybridized carbons (Fsp3) is 0.632. The van der Waals surface area contributed by atoms with Crippen molar-refractivity contribution in [1.82, 2.24) is 10.2 Å². The third-order valence-electron chi connectivity index (χ3n) is 4.24. The van der Waals surface area contributed by atoms with E-state index in [9.17, 15) is 0 Å². The van der Waals surface area contributed by atoms with Gasteiger partial charge in [0.1, 0.15) is 0 Å². The summed E-state index contributed by atoms with van der Waals surface area (Å²) in [6, 6.07) is 3.81. The van der Waals surface area contributed by atoms with Crippen molar-refractivity contribution in [3.8, 4) is 11.5 Å². The maximum absolute atomic E-state index is 6.35. The van der Waals surface area contributed by atoms with E-state index in [4.69, 9.17) is 30.8 Å². The Morgan fingerprint density at radius 2 is 2.19 bits per heavy atom. The van der Waals surface area contributed by atoms with Crippen molar-refractivity contribution < 1.29 is 14.2 Å². The second-order valence-electron chi connectivity index (χ2n) is 6.32. The van der Waals surface area contributed by atoms with Crippen LogP contribution >= 0.6 is 35.6 Å². The lowest BCUT2D eigenvalue weighted by molar-refractivity contribution is 0.181. The van der Waals surface area contributed by atoms with Crippen molar-refractivity contribution in [2.24, 2.45) is 10.9 Å². The number of nitrogens with zero attached hydrogens (tertiary/aromatic N) is 2. The highest BCUT2D eigenvalue weighted by Gasteiger charge is 2.19. The first-order chi connectivity index (χ1) is 12.6. The van der Waals surface area contributed by atoms with E-state index in [0.29, 0.717) is 35.6 Å². The lowest BCUT2D eigenvalue weighted by atomic mass is 10.1. The van der Waals surface area contributed by atoms with Gasteiger partial charge >= 0.3 is 0 Å². The Balaban J connectivity index is 0.00000364. The maximum atomic E-state index is 6.35. The molecule has 27 heavy (non-hydrogen) atoms. The first-order valence-corrected chi connectivity index (χ1v) is 9.53. The smallest absolute Gasteiger partial charge is 0.193 e. The van der Waals surface area contributed by atoms with Crippen LogP contribution in [-0.4, -0.2) is 57.9 Å². The van der Waals surface area contributed by atoms with Gasteiger partial charge in [-0.15, -0.1) is 24.0 Å². The number of aliphatic imine (C=N–C) groups is 1. The number of ether oxygens (including phenoxy) is 3. The molecule has 1 unspecified atom stereocenters. The van der Waals surface area contributed by atoms with Crippen LogP contribution in [0.5, 0.6) is 11.5 Å². The molecule has 1 heterocycles. The normalized spacial score (nSPS) is 16.6. The van der Waals surface area contributed by atoms with Gasteiger partial charge in [-0.1, -0.05) is 11.6 Å². The first-order valence-electron chi connectivity index (χ1n) is 9.15. The zero-order valence-electron chi connectivity index (χ0n) is 16.6. The van der Waals surface area contributed by atoms with E-state index in [0.717, 1.165) is 44.2 Å². The number of methoxy groups -OCH3 is 1. The number of guanidine groups is 1. The molecular formula is C19H31ClIN3O3. The summed E-state index contributed by atoms with van der Waals surface area (Å²) in [7, 11) is 3.67. The van der Waals surface area contributed by atoms with Crippen molar-refractivity contribution in [3.63, 3.8) is 0 Å². The summed E-state index contributed by atoms with van der Waals surface area (Å²) in [5.41, 5.74) is 0.975. The van der Waals surface area contributed by atoms with Crippen molar-refractivity contribution in [1.29, 1.82) is 0 Å². The summed E-state index contributed by atoms with van der Waals surface area (Å²) >= 11 is 6.35. The van der Waals surface area contributed by atoms with Crippen LogP contribution in [0.2, 0.25) is 5.02 Å². The monoisotopic (exact) mass is 511 g/mol. The highest BCUT2D eigenvalue weighted by molar-refractivity contribution is 14.0. The second-order valence-corrected chi connectivity index (χ2v) is 6.73. The molecule has 8 heteroatoms. The molecular weight excluding hydrogens is 481 g/mol. The molecule has 1 saturated heterocycles. The zero-order valence-corrected chi connectivity index (χ0v) is 19.7. The van der Waals surface area contributed by atoms with Gasteiger partial charge < -0.3 is 24.4 Å². The Labute approximate surface area is 184 Å². The van der Waals surface area contributed by atoms with Gasteiger partial charge in [0.25, 0.3) is 0 Å². The summed E-state index contributed by atoms with van der Waals surface area (Å²) in [5.74, 6) is 2.65. The molecule has 1 aromatic rings. The summed E-state index contributed by atoms with van der Waals surface area (Å²) in [5, 5.41) is 3.89. The predicted molar refractivity (Wildman–Crippen MR) is 121 cm³/mol. The van der Waals surface area contributed by atoms with Crippen LogP contribution in [0.4, 0.5) is 0 Å². The molecule has 0 spiro atoms. The third kappa shape index (κ3) is 7.19. The lowest BCUT2D eigenvalue weighted by Crippen LogP contribution is -2.41. The highest BCUT2D eigenvalue weighted by Crippen LogP contribution is 2.36. The Bertz CT molecular complexity index is 610. The van der Waals surface area contributed by atoms with E-state index >= 15 is 0 Å². The third-order valence-corrected chi connectivity index (χ3v) is 4.52. The van der Waals surface area contributed by atoms with Crippen molar-refractivity contribution in [2.75, 3.05) is 47.1 Å². The minimum Gasteiger partial charge on any atom is -0.493 e. The van der Waals surface area contributed by atoms with Gasteiger partial charge in [-0.2, -0.15) is 0 Å². The molecule has 1 fully saturated rings. The lowest BCUT2D eigenvalue weighted by Gasteiger charge is -2.24. The maximum Gasteiger partial charge on any atom is 0.193 e. The molecule has 1 N–H and O–H groups in total. The second kappa shape index (κ2) is 12.5. The Hall–Kier alpha value is -0.930. The molecule has 1 aromatic carbocycles. The number of halogens is 2. The topological polar surface area (TPSA) is 55.3 Å². The van der Waals surface area contributed by atoms with Crippen LogP contribution in [-0.2, 0) is 11.3 Å². The minimum atomic E-state index is 0. The average molecular weight is 512 g/mol. The molecule has 0 aromatic heterocycles. The van der Waals surface area contributed by atoms with Crippen molar-refractivity contribution in [3.05, 3.63) is 22.7 Å². The average Bonchev–Trinajstić information content (AvgIpc) is 3.13. The quantitative estimate of drug-likeness (QED) is 0.327. The number of rotatable bonds is 8. The number of hydrogen-bond donors (Lipinski definition) is 1. The predicted octanol–water partition coefficient (Wildman–Crippen LogP) is 3.80. The van der Waals surface area contributed by atoms with Crippen LogP contribution in [0, 0.1) is 5.92 Å². The van der Waals surface area contributed by atoms with Crippen LogP contribution < -0.4 is 14.8 Å². The molecule has 1 aliphatic rings. The fourth-order valence-electron chi connectivity index (χ4n) is 2.99. The molecule has 0 radical (unpaired) electrons. The Kier molecular flexibility index (Phi) is 11.2. The zero-order chi connectivity index (χ0) is 18.9. The molecule has 1 atom stereocenters. The van der Waals surface area contributed by atoms with Crippen molar-refractivity contribution >= 4 is 41.5 Å². The van der Waals surface area contributed by atoms with Gasteiger partial charge in [0, 0.05) is 32.7 Å². The van der Waals surface area contributed by atoms with Gasteiger partial charge in [-0.25, -0.2) is 4.99 Å². The number of benzene rings is 1. The van der Waals surface area contributed by atoms with Gasteiger partial charge in [-0.3, -0.25) is 0 Å². The molecule has 154 valence electrons. The van der Waals surface area contributed by atoms with Crippen molar-refractivity contribution in [2.45, 2.75) is 26.8 Å². The molecule has 1 aliphatic heterocycles. The Morgan fingerprint density at radius 3 is 2.78 bits per heavy atom. The van der Waals surface area contributed by atoms with Crippen LogP contribution in [0.25, 0.3) is 0 Å². The van der Waals surface area contributed by atoms with Crippen LogP contribution in [0.15, 0.2) is 17.1 Å². The minimum absolute atomic E-state index is 0. The largest absolute Gasteiger partial charge is 0.493 e. The Morgan fingerprint density at radius 1 is 1.41 bits per heavy atom. The van der Waals surface area contributed by atoms with Crippen LogP contribution in [0.3, 0.4) is 0 Å². The van der Waals surface area contributed by atoms with E-state index in [1.807, 2.05) is 19.1 Å². The van der Waals surface area contributed by atoms with E-state index in [2.05, 4.69) is 24.2 Å². The van der Waals surface area contributed by atoms with E-state index in [1.165, 1.54) is 0 Å². The van der Waals surface area contributed by atoms with Crippen LogP contribution in [0.1, 0.15) is 25.8 Å². The molecule has 6 nitrogen and oxygen atoms in total. The first kappa shape index (κ1) is 24.1. The van der Waals surface area contributed by atoms with E-state index < -0.39 is 0 Å². The molecule has 2 rings (SSSR count). The summed E-state index contributed by atoms with van der Waals surface area (Å²) in [4.78, 5) is 6.92. The number of nitrogens with one attached hydrogen (secondary N) is 1. The molecule has 0 saturated carbocycles. The van der Waals surface area contributed by atoms with Gasteiger partial charge in [0.05, 0.1) is 31.9 Å². The summed E-state index contributed by atoms with van der Waals surface area (Å²) < 4.78 is 16.4.